The van der Waals surface area contributed by atoms with E-state index < -0.39 is 0 Å². The third kappa shape index (κ3) is 2.34. The molecule has 1 aliphatic heterocycles. The van der Waals surface area contributed by atoms with Crippen molar-refractivity contribution in [2.75, 3.05) is 6.54 Å². The van der Waals surface area contributed by atoms with Crippen molar-refractivity contribution in [1.82, 2.24) is 0 Å². The summed E-state index contributed by atoms with van der Waals surface area (Å²) >= 11 is 0. The molecule has 0 spiro atoms. The van der Waals surface area contributed by atoms with E-state index in [4.69, 9.17) is 10.5 Å². The minimum atomic E-state index is -0.0213. The van der Waals surface area contributed by atoms with E-state index in [2.05, 4.69) is 20.8 Å². The lowest BCUT2D eigenvalue weighted by molar-refractivity contribution is 0.100. The number of Topliss-reactive ketones (excluding diaryl/α,β-unsaturated/α-hetero) is 1. The van der Waals surface area contributed by atoms with Gasteiger partial charge in [-0.05, 0) is 29.2 Å². The van der Waals surface area contributed by atoms with Crippen molar-refractivity contribution in [2.45, 2.75) is 33.3 Å². The Morgan fingerprint density at radius 2 is 2.18 bits per heavy atom. The average molecular weight is 233 g/mol. The molecule has 1 aromatic rings. The molecule has 1 aromatic carbocycles. The maximum Gasteiger partial charge on any atom is 0.176 e. The summed E-state index contributed by atoms with van der Waals surface area (Å²) in [5, 5.41) is 0. The van der Waals surface area contributed by atoms with Crippen molar-refractivity contribution in [2.24, 2.45) is 11.1 Å². The van der Waals surface area contributed by atoms with E-state index in [1.54, 1.807) is 6.07 Å². The summed E-state index contributed by atoms with van der Waals surface area (Å²) in [7, 11) is 0. The molecule has 2 N–H and O–H groups in total. The van der Waals surface area contributed by atoms with E-state index in [0.717, 1.165) is 17.7 Å². The number of benzene rings is 1. The van der Waals surface area contributed by atoms with Gasteiger partial charge in [-0.2, -0.15) is 0 Å². The summed E-state index contributed by atoms with van der Waals surface area (Å²) in [6.45, 7) is 6.54. The Morgan fingerprint density at radius 1 is 1.47 bits per heavy atom. The Labute approximate surface area is 102 Å². The SMILES string of the molecule is CC(C)(C)C1Cc2cc(C(=O)CN)ccc2O1. The van der Waals surface area contributed by atoms with Gasteiger partial charge in [-0.1, -0.05) is 20.8 Å². The smallest absolute Gasteiger partial charge is 0.176 e. The Morgan fingerprint density at radius 3 is 2.76 bits per heavy atom. The molecule has 0 radical (unpaired) electrons. The number of hydrogen-bond acceptors (Lipinski definition) is 3. The van der Waals surface area contributed by atoms with Crippen LogP contribution in [0.3, 0.4) is 0 Å². The Balaban J connectivity index is 2.25. The summed E-state index contributed by atoms with van der Waals surface area (Å²) in [5.41, 5.74) is 7.27. The lowest BCUT2D eigenvalue weighted by Crippen LogP contribution is -2.30. The molecule has 0 saturated carbocycles. The fourth-order valence-electron chi connectivity index (χ4n) is 2.02. The highest BCUT2D eigenvalue weighted by atomic mass is 16.5. The molecule has 3 heteroatoms. The van der Waals surface area contributed by atoms with Crippen molar-refractivity contribution in [3.63, 3.8) is 0 Å². The van der Waals surface area contributed by atoms with Crippen molar-refractivity contribution < 1.29 is 9.53 Å². The molecule has 92 valence electrons. The lowest BCUT2D eigenvalue weighted by Gasteiger charge is -2.25. The first-order valence-corrected chi connectivity index (χ1v) is 5.94. The molecule has 17 heavy (non-hydrogen) atoms. The molecule has 2 rings (SSSR count). The van der Waals surface area contributed by atoms with Crippen LogP contribution in [-0.2, 0) is 6.42 Å². The number of ketones is 1. The fraction of sp³-hybridized carbons (Fsp3) is 0.500. The van der Waals surface area contributed by atoms with E-state index in [1.807, 2.05) is 12.1 Å². The van der Waals surface area contributed by atoms with Gasteiger partial charge >= 0.3 is 0 Å². The maximum absolute atomic E-state index is 11.5. The Kier molecular flexibility index (Phi) is 2.96. The van der Waals surface area contributed by atoms with E-state index in [-0.39, 0.29) is 23.8 Å². The van der Waals surface area contributed by atoms with Gasteiger partial charge in [0.25, 0.3) is 0 Å². The van der Waals surface area contributed by atoms with Gasteiger partial charge in [0.1, 0.15) is 11.9 Å². The van der Waals surface area contributed by atoms with Crippen molar-refractivity contribution in [3.8, 4) is 5.75 Å². The first kappa shape index (κ1) is 12.1. The fourth-order valence-corrected chi connectivity index (χ4v) is 2.02. The third-order valence-corrected chi connectivity index (χ3v) is 3.21. The number of ether oxygens (including phenoxy) is 1. The molecule has 0 fully saturated rings. The second-order valence-electron chi connectivity index (χ2n) is 5.63. The van der Waals surface area contributed by atoms with Crippen LogP contribution in [0.15, 0.2) is 18.2 Å². The van der Waals surface area contributed by atoms with E-state index in [0.29, 0.717) is 5.56 Å². The topological polar surface area (TPSA) is 52.3 Å². The van der Waals surface area contributed by atoms with Gasteiger partial charge in [-0.25, -0.2) is 0 Å². The number of nitrogens with two attached hydrogens (primary N) is 1. The highest BCUT2D eigenvalue weighted by Gasteiger charge is 2.33. The number of carbonyl (C=O) groups excluding carboxylic acids is 1. The number of rotatable bonds is 2. The molecule has 3 nitrogen and oxygen atoms in total. The zero-order chi connectivity index (χ0) is 12.6. The third-order valence-electron chi connectivity index (χ3n) is 3.21. The van der Waals surface area contributed by atoms with Crippen molar-refractivity contribution >= 4 is 5.78 Å². The first-order valence-electron chi connectivity index (χ1n) is 5.94. The lowest BCUT2D eigenvalue weighted by atomic mass is 9.86. The molecule has 1 aliphatic rings. The van der Waals surface area contributed by atoms with Gasteiger partial charge in [0.15, 0.2) is 5.78 Å². The van der Waals surface area contributed by atoms with E-state index in [9.17, 15) is 4.79 Å². The van der Waals surface area contributed by atoms with Gasteiger partial charge in [0.05, 0.1) is 6.54 Å². The van der Waals surface area contributed by atoms with Crippen LogP contribution < -0.4 is 10.5 Å². The molecule has 0 aliphatic carbocycles. The van der Waals surface area contributed by atoms with Crippen LogP contribution in [0.5, 0.6) is 5.75 Å². The van der Waals surface area contributed by atoms with Gasteiger partial charge in [0.2, 0.25) is 0 Å². The number of fused-ring (bicyclic) bond motifs is 1. The minimum Gasteiger partial charge on any atom is -0.489 e. The predicted octanol–water partition coefficient (Wildman–Crippen LogP) is 2.18. The Bertz CT molecular complexity index is 446. The predicted molar refractivity (Wildman–Crippen MR) is 67.4 cm³/mol. The zero-order valence-electron chi connectivity index (χ0n) is 10.6. The summed E-state index contributed by atoms with van der Waals surface area (Å²) < 4.78 is 5.90. The second kappa shape index (κ2) is 4.15. The largest absolute Gasteiger partial charge is 0.489 e. The van der Waals surface area contributed by atoms with Crippen LogP contribution in [0.1, 0.15) is 36.7 Å². The van der Waals surface area contributed by atoms with Crippen LogP contribution in [0.25, 0.3) is 0 Å². The maximum atomic E-state index is 11.5. The summed E-state index contributed by atoms with van der Waals surface area (Å²) in [6, 6.07) is 5.58. The standard InChI is InChI=1S/C14H19NO2/c1-14(2,3)13-7-10-6-9(11(16)8-15)4-5-12(10)17-13/h4-6,13H,7-8,15H2,1-3H3. The molecule has 1 heterocycles. The van der Waals surface area contributed by atoms with E-state index in [1.165, 1.54) is 0 Å². The molecule has 0 saturated heterocycles. The Hall–Kier alpha value is -1.35. The highest BCUT2D eigenvalue weighted by molar-refractivity contribution is 5.97. The van der Waals surface area contributed by atoms with Crippen molar-refractivity contribution in [1.29, 1.82) is 0 Å². The van der Waals surface area contributed by atoms with Crippen LogP contribution in [-0.4, -0.2) is 18.4 Å². The van der Waals surface area contributed by atoms with Crippen LogP contribution in [0.4, 0.5) is 0 Å². The molecular formula is C14H19NO2. The summed E-state index contributed by atoms with van der Waals surface area (Å²) in [4.78, 5) is 11.5. The van der Waals surface area contributed by atoms with Gasteiger partial charge < -0.3 is 10.5 Å². The van der Waals surface area contributed by atoms with Gasteiger partial charge in [-0.15, -0.1) is 0 Å². The summed E-state index contributed by atoms with van der Waals surface area (Å²) in [5.74, 6) is 0.880. The van der Waals surface area contributed by atoms with Gasteiger partial charge in [0, 0.05) is 12.0 Å². The minimum absolute atomic E-state index is 0.0213. The van der Waals surface area contributed by atoms with E-state index >= 15 is 0 Å². The molecule has 1 unspecified atom stereocenters. The average Bonchev–Trinajstić information content (AvgIpc) is 2.70. The molecule has 0 aromatic heterocycles. The monoisotopic (exact) mass is 233 g/mol. The quantitative estimate of drug-likeness (QED) is 0.796. The van der Waals surface area contributed by atoms with Crippen molar-refractivity contribution in [3.05, 3.63) is 29.3 Å². The van der Waals surface area contributed by atoms with Crippen LogP contribution in [0, 0.1) is 5.41 Å². The number of carbonyl (C=O) groups is 1. The zero-order valence-corrected chi connectivity index (χ0v) is 10.6. The second-order valence-corrected chi connectivity index (χ2v) is 5.63. The molecular weight excluding hydrogens is 214 g/mol. The normalized spacial score (nSPS) is 18.7. The molecule has 0 bridgehead atoms. The van der Waals surface area contributed by atoms with Crippen LogP contribution >= 0.6 is 0 Å². The highest BCUT2D eigenvalue weighted by Crippen LogP contribution is 2.36. The molecule has 1 atom stereocenters. The molecule has 0 amide bonds. The first-order chi connectivity index (χ1) is 7.91. The van der Waals surface area contributed by atoms with Gasteiger partial charge in [-0.3, -0.25) is 4.79 Å². The summed E-state index contributed by atoms with van der Waals surface area (Å²) in [6.07, 6.45) is 1.05. The van der Waals surface area contributed by atoms with Crippen LogP contribution in [0.2, 0.25) is 0 Å². The number of hydrogen-bond donors (Lipinski definition) is 1.